The van der Waals surface area contributed by atoms with Crippen LogP contribution in [0, 0.1) is 0 Å². The van der Waals surface area contributed by atoms with Crippen molar-refractivity contribution in [2.75, 3.05) is 0 Å². The van der Waals surface area contributed by atoms with Gasteiger partial charge in [0.2, 0.25) is 0 Å². The Morgan fingerprint density at radius 1 is 0.947 bits per heavy atom. The Balaban J connectivity index is 1.99. The Morgan fingerprint density at radius 3 is 2.63 bits per heavy atom. The first-order valence-electron chi connectivity index (χ1n) is 6.31. The van der Waals surface area contributed by atoms with E-state index in [0.29, 0.717) is 0 Å². The molecule has 0 aliphatic rings. The van der Waals surface area contributed by atoms with Gasteiger partial charge in [0.25, 0.3) is 0 Å². The van der Waals surface area contributed by atoms with Crippen LogP contribution in [-0.2, 0) is 7.05 Å². The molecule has 1 heterocycles. The summed E-state index contributed by atoms with van der Waals surface area (Å²) in [4.78, 5) is 0. The van der Waals surface area contributed by atoms with Crippen LogP contribution in [0.25, 0.3) is 22.9 Å². The molecule has 0 saturated carbocycles. The van der Waals surface area contributed by atoms with Crippen molar-refractivity contribution in [1.82, 2.24) is 5.10 Å². The number of hydrogen-bond donors (Lipinski definition) is 0. The molecule has 0 N–H and O–H groups in total. The lowest BCUT2D eigenvalue weighted by Gasteiger charge is -2.01. The molecule has 0 saturated heterocycles. The molecule has 3 aromatic rings. The molecule has 0 fully saturated rings. The fourth-order valence-corrected chi connectivity index (χ4v) is 2.11. The average Bonchev–Trinajstić information content (AvgIpc) is 2.47. The fourth-order valence-electron chi connectivity index (χ4n) is 2.11. The van der Waals surface area contributed by atoms with Crippen LogP contribution in [-0.4, -0.2) is 5.10 Å². The standard InChI is InChI=1S/C17H15N2/c1-19-12-11-14(13-18-19)9-10-16-7-4-6-15-5-2-3-8-17(15)16/h2-13H,1H3/q+1. The lowest BCUT2D eigenvalue weighted by molar-refractivity contribution is -0.730. The molecule has 0 spiro atoms. The molecular weight excluding hydrogens is 232 g/mol. The first kappa shape index (κ1) is 11.6. The van der Waals surface area contributed by atoms with Crippen LogP contribution in [0.4, 0.5) is 0 Å². The zero-order chi connectivity index (χ0) is 13.1. The first-order valence-corrected chi connectivity index (χ1v) is 6.31. The Bertz CT molecular complexity index is 722. The minimum atomic E-state index is 1.10. The highest BCUT2D eigenvalue weighted by molar-refractivity contribution is 5.92. The summed E-state index contributed by atoms with van der Waals surface area (Å²) in [7, 11) is 1.91. The lowest BCUT2D eigenvalue weighted by atomic mass is 10.0. The summed E-state index contributed by atoms with van der Waals surface area (Å²) in [5.41, 5.74) is 2.33. The van der Waals surface area contributed by atoms with Gasteiger partial charge in [-0.25, -0.2) is 0 Å². The van der Waals surface area contributed by atoms with Crippen LogP contribution in [0.15, 0.2) is 60.9 Å². The first-order chi connectivity index (χ1) is 9.33. The molecule has 2 nitrogen and oxygen atoms in total. The van der Waals surface area contributed by atoms with Gasteiger partial charge < -0.3 is 0 Å². The molecule has 0 bridgehead atoms. The quantitative estimate of drug-likeness (QED) is 0.635. The van der Waals surface area contributed by atoms with Crippen molar-refractivity contribution in [3.63, 3.8) is 0 Å². The zero-order valence-electron chi connectivity index (χ0n) is 10.8. The topological polar surface area (TPSA) is 16.8 Å². The predicted octanol–water partition coefficient (Wildman–Crippen LogP) is 3.23. The van der Waals surface area contributed by atoms with Gasteiger partial charge in [-0.15, -0.1) is 0 Å². The Labute approximate surface area is 112 Å². The van der Waals surface area contributed by atoms with Crippen LogP contribution in [0.2, 0.25) is 0 Å². The molecule has 0 unspecified atom stereocenters. The van der Waals surface area contributed by atoms with Gasteiger partial charge in [0.15, 0.2) is 13.2 Å². The second-order valence-electron chi connectivity index (χ2n) is 4.54. The summed E-state index contributed by atoms with van der Waals surface area (Å²) in [5, 5.41) is 6.76. The third-order valence-corrected chi connectivity index (χ3v) is 3.15. The molecule has 0 aliphatic heterocycles. The summed E-state index contributed by atoms with van der Waals surface area (Å²) in [6, 6.07) is 16.8. The van der Waals surface area contributed by atoms with Crippen molar-refractivity contribution in [1.29, 1.82) is 0 Å². The van der Waals surface area contributed by atoms with E-state index in [2.05, 4.69) is 65.8 Å². The van der Waals surface area contributed by atoms with Crippen LogP contribution < -0.4 is 4.68 Å². The summed E-state index contributed by atoms with van der Waals surface area (Å²) < 4.78 is 1.79. The molecule has 2 heteroatoms. The van der Waals surface area contributed by atoms with Crippen LogP contribution in [0.1, 0.15) is 11.1 Å². The number of aromatic nitrogens is 2. The molecule has 2 aromatic carbocycles. The van der Waals surface area contributed by atoms with Gasteiger partial charge >= 0.3 is 0 Å². The molecule has 0 radical (unpaired) electrons. The number of benzene rings is 2. The monoisotopic (exact) mass is 247 g/mol. The van der Waals surface area contributed by atoms with E-state index in [1.165, 1.54) is 16.3 Å². The summed E-state index contributed by atoms with van der Waals surface area (Å²) in [5.74, 6) is 0. The normalized spacial score (nSPS) is 11.2. The van der Waals surface area contributed by atoms with Crippen LogP contribution in [0.5, 0.6) is 0 Å². The molecule has 1 aromatic heterocycles. The van der Waals surface area contributed by atoms with E-state index in [9.17, 15) is 0 Å². The van der Waals surface area contributed by atoms with Gasteiger partial charge in [-0.3, -0.25) is 0 Å². The van der Waals surface area contributed by atoms with Crippen molar-refractivity contribution in [2.24, 2.45) is 7.05 Å². The molecule has 0 atom stereocenters. The summed E-state index contributed by atoms with van der Waals surface area (Å²) in [6.07, 6.45) is 8.04. The van der Waals surface area contributed by atoms with E-state index in [0.717, 1.165) is 5.56 Å². The van der Waals surface area contributed by atoms with Gasteiger partial charge in [-0.05, 0) is 21.4 Å². The number of hydrogen-bond acceptors (Lipinski definition) is 1. The second-order valence-corrected chi connectivity index (χ2v) is 4.54. The maximum absolute atomic E-state index is 4.22. The smallest absolute Gasteiger partial charge is 0.0940 e. The zero-order valence-corrected chi connectivity index (χ0v) is 10.8. The summed E-state index contributed by atoms with van der Waals surface area (Å²) >= 11 is 0. The lowest BCUT2D eigenvalue weighted by Crippen LogP contribution is -2.31. The maximum Gasteiger partial charge on any atom is 0.196 e. The van der Waals surface area contributed by atoms with Gasteiger partial charge in [0.05, 0.1) is 0 Å². The Morgan fingerprint density at radius 2 is 1.79 bits per heavy atom. The van der Waals surface area contributed by atoms with E-state index in [1.807, 2.05) is 19.4 Å². The second kappa shape index (κ2) is 5.02. The van der Waals surface area contributed by atoms with Crippen molar-refractivity contribution in [3.05, 3.63) is 72.1 Å². The molecule has 0 aliphatic carbocycles. The van der Waals surface area contributed by atoms with Gasteiger partial charge in [0, 0.05) is 11.6 Å². The number of nitrogens with zero attached hydrogens (tertiary/aromatic N) is 2. The predicted molar refractivity (Wildman–Crippen MR) is 78.3 cm³/mol. The number of rotatable bonds is 2. The van der Waals surface area contributed by atoms with Crippen LogP contribution in [0.3, 0.4) is 0 Å². The average molecular weight is 247 g/mol. The van der Waals surface area contributed by atoms with E-state index in [4.69, 9.17) is 0 Å². The Kier molecular flexibility index (Phi) is 3.07. The number of fused-ring (bicyclic) bond motifs is 1. The van der Waals surface area contributed by atoms with E-state index < -0.39 is 0 Å². The van der Waals surface area contributed by atoms with E-state index >= 15 is 0 Å². The van der Waals surface area contributed by atoms with Crippen molar-refractivity contribution < 1.29 is 4.68 Å². The third-order valence-electron chi connectivity index (χ3n) is 3.15. The van der Waals surface area contributed by atoms with E-state index in [-0.39, 0.29) is 0 Å². The van der Waals surface area contributed by atoms with Crippen molar-refractivity contribution >= 4 is 22.9 Å². The maximum atomic E-state index is 4.22. The molecule has 19 heavy (non-hydrogen) atoms. The largest absolute Gasteiger partial charge is 0.196 e. The molecule has 3 rings (SSSR count). The fraction of sp³-hybridized carbons (Fsp3) is 0.0588. The molecule has 0 amide bonds. The van der Waals surface area contributed by atoms with Crippen molar-refractivity contribution in [3.8, 4) is 0 Å². The highest BCUT2D eigenvalue weighted by Gasteiger charge is 1.97. The SMILES string of the molecule is C[n+]1ccc(C=Cc2cccc3ccccc23)cn1. The minimum absolute atomic E-state index is 1.10. The molecular formula is C17H15N2+. The third kappa shape index (κ3) is 2.52. The van der Waals surface area contributed by atoms with E-state index in [1.54, 1.807) is 4.68 Å². The van der Waals surface area contributed by atoms with Gasteiger partial charge in [-0.2, -0.15) is 0 Å². The van der Waals surface area contributed by atoms with Crippen molar-refractivity contribution in [2.45, 2.75) is 0 Å². The van der Waals surface area contributed by atoms with Gasteiger partial charge in [-0.1, -0.05) is 59.3 Å². The van der Waals surface area contributed by atoms with Crippen LogP contribution >= 0.6 is 0 Å². The number of aryl methyl sites for hydroxylation is 1. The van der Waals surface area contributed by atoms with Gasteiger partial charge in [0.1, 0.15) is 6.20 Å². The highest BCUT2D eigenvalue weighted by atomic mass is 15.2. The Hall–Kier alpha value is -2.48. The summed E-state index contributed by atoms with van der Waals surface area (Å²) in [6.45, 7) is 0. The highest BCUT2D eigenvalue weighted by Crippen LogP contribution is 2.20. The molecule has 92 valence electrons. The minimum Gasteiger partial charge on any atom is -0.0940 e.